The molecule has 0 aliphatic carbocycles. The fourth-order valence-corrected chi connectivity index (χ4v) is 3.63. The minimum absolute atomic E-state index is 0.123. The molecule has 0 unspecified atom stereocenters. The summed E-state index contributed by atoms with van der Waals surface area (Å²) < 4.78 is 5.59. The lowest BCUT2D eigenvalue weighted by Gasteiger charge is -2.05. The van der Waals surface area contributed by atoms with Gasteiger partial charge in [-0.25, -0.2) is 5.43 Å². The summed E-state index contributed by atoms with van der Waals surface area (Å²) in [7, 11) is 0. The second-order valence-corrected chi connectivity index (χ2v) is 7.76. The van der Waals surface area contributed by atoms with E-state index in [1.807, 2.05) is 54.6 Å². The Balaban J connectivity index is 1.30. The number of furan rings is 1. The van der Waals surface area contributed by atoms with Crippen LogP contribution < -0.4 is 10.7 Å². The molecule has 0 aliphatic heterocycles. The molecule has 2 amide bonds. The topological polar surface area (TPSA) is 104 Å². The number of phenols is 1. The van der Waals surface area contributed by atoms with Crippen LogP contribution in [0.15, 0.2) is 93.5 Å². The van der Waals surface area contributed by atoms with Gasteiger partial charge in [0.25, 0.3) is 5.91 Å². The largest absolute Gasteiger partial charge is 0.507 e. The maximum atomic E-state index is 12.4. The first-order valence-electron chi connectivity index (χ1n) is 9.71. The Labute approximate surface area is 188 Å². The van der Waals surface area contributed by atoms with Gasteiger partial charge in [-0.3, -0.25) is 9.59 Å². The van der Waals surface area contributed by atoms with Crippen LogP contribution in [0.2, 0.25) is 0 Å². The van der Waals surface area contributed by atoms with Crippen molar-refractivity contribution >= 4 is 46.3 Å². The van der Waals surface area contributed by atoms with Gasteiger partial charge in [0, 0.05) is 5.69 Å². The van der Waals surface area contributed by atoms with Gasteiger partial charge in [-0.2, -0.15) is 5.10 Å². The molecule has 160 valence electrons. The number of fused-ring (bicyclic) bond motifs is 1. The molecular weight excluding hydrogens is 426 g/mol. The summed E-state index contributed by atoms with van der Waals surface area (Å²) in [6, 6.07) is 23.2. The number of anilines is 1. The molecule has 3 N–H and O–H groups in total. The highest BCUT2D eigenvalue weighted by atomic mass is 32.2. The van der Waals surface area contributed by atoms with Crippen LogP contribution in [0.25, 0.3) is 10.8 Å². The van der Waals surface area contributed by atoms with Gasteiger partial charge in [-0.05, 0) is 47.2 Å². The van der Waals surface area contributed by atoms with E-state index in [0.717, 1.165) is 16.5 Å². The van der Waals surface area contributed by atoms with Crippen LogP contribution in [0.1, 0.15) is 16.1 Å². The Morgan fingerprint density at radius 2 is 1.69 bits per heavy atom. The van der Waals surface area contributed by atoms with E-state index in [9.17, 15) is 14.7 Å². The molecule has 1 heterocycles. The first-order chi connectivity index (χ1) is 15.6. The number of hydrogen-bond donors (Lipinski definition) is 3. The van der Waals surface area contributed by atoms with E-state index in [-0.39, 0.29) is 23.0 Å². The molecule has 32 heavy (non-hydrogen) atoms. The minimum Gasteiger partial charge on any atom is -0.507 e. The number of aromatic hydroxyl groups is 1. The third kappa shape index (κ3) is 5.35. The zero-order valence-electron chi connectivity index (χ0n) is 16.8. The Kier molecular flexibility index (Phi) is 6.52. The summed E-state index contributed by atoms with van der Waals surface area (Å²) in [4.78, 5) is 24.4. The molecule has 0 aliphatic rings. The van der Waals surface area contributed by atoms with E-state index in [2.05, 4.69) is 15.8 Å². The molecule has 7 nitrogen and oxygen atoms in total. The van der Waals surface area contributed by atoms with Crippen LogP contribution in [-0.4, -0.2) is 28.9 Å². The average Bonchev–Trinajstić information content (AvgIpc) is 3.25. The van der Waals surface area contributed by atoms with E-state index in [1.54, 1.807) is 18.2 Å². The van der Waals surface area contributed by atoms with Gasteiger partial charge in [-0.15, -0.1) is 0 Å². The Hall–Kier alpha value is -4.04. The predicted molar refractivity (Wildman–Crippen MR) is 125 cm³/mol. The van der Waals surface area contributed by atoms with Crippen molar-refractivity contribution in [1.29, 1.82) is 0 Å². The average molecular weight is 446 g/mol. The Morgan fingerprint density at radius 3 is 2.47 bits per heavy atom. The predicted octanol–water partition coefficient (Wildman–Crippen LogP) is 4.63. The van der Waals surface area contributed by atoms with Gasteiger partial charge < -0.3 is 14.8 Å². The zero-order chi connectivity index (χ0) is 22.3. The number of nitrogens with one attached hydrogen (secondary N) is 2. The van der Waals surface area contributed by atoms with Crippen molar-refractivity contribution in [3.63, 3.8) is 0 Å². The lowest BCUT2D eigenvalue weighted by atomic mass is 10.1. The van der Waals surface area contributed by atoms with Crippen LogP contribution in [0.3, 0.4) is 0 Å². The first-order valence-corrected chi connectivity index (χ1v) is 10.7. The van der Waals surface area contributed by atoms with Crippen LogP contribution in [0.4, 0.5) is 5.69 Å². The van der Waals surface area contributed by atoms with Gasteiger partial charge in [0.1, 0.15) is 11.5 Å². The monoisotopic (exact) mass is 445 g/mol. The second kappa shape index (κ2) is 9.84. The fraction of sp³-hybridized carbons (Fsp3) is 0.0417. The lowest BCUT2D eigenvalue weighted by molar-refractivity contribution is -0.113. The number of amides is 2. The van der Waals surface area contributed by atoms with Crippen LogP contribution in [-0.2, 0) is 4.79 Å². The first kappa shape index (κ1) is 21.2. The van der Waals surface area contributed by atoms with Gasteiger partial charge >= 0.3 is 0 Å². The van der Waals surface area contributed by atoms with Crippen molar-refractivity contribution in [2.45, 2.75) is 5.09 Å². The van der Waals surface area contributed by atoms with Crippen LogP contribution >= 0.6 is 11.8 Å². The van der Waals surface area contributed by atoms with Crippen molar-refractivity contribution in [3.8, 4) is 5.75 Å². The zero-order valence-corrected chi connectivity index (χ0v) is 17.6. The summed E-state index contributed by atoms with van der Waals surface area (Å²) in [6.45, 7) is 0. The number of benzene rings is 3. The maximum Gasteiger partial charge on any atom is 0.275 e. The van der Waals surface area contributed by atoms with Gasteiger partial charge in [0.2, 0.25) is 5.91 Å². The molecule has 0 saturated carbocycles. The molecule has 4 aromatic rings. The Bertz CT molecular complexity index is 1280. The number of rotatable bonds is 7. The highest BCUT2D eigenvalue weighted by molar-refractivity contribution is 7.99. The van der Waals surface area contributed by atoms with E-state index >= 15 is 0 Å². The van der Waals surface area contributed by atoms with E-state index in [4.69, 9.17) is 4.42 Å². The van der Waals surface area contributed by atoms with Crippen molar-refractivity contribution in [3.05, 3.63) is 90.2 Å². The van der Waals surface area contributed by atoms with Gasteiger partial charge in [-0.1, -0.05) is 54.2 Å². The molecule has 0 saturated heterocycles. The summed E-state index contributed by atoms with van der Waals surface area (Å²) in [5.41, 5.74) is 3.24. The molecule has 0 radical (unpaired) electrons. The molecule has 3 aromatic carbocycles. The number of para-hydroxylation sites is 1. The summed E-state index contributed by atoms with van der Waals surface area (Å²) >= 11 is 1.25. The molecule has 0 atom stereocenters. The van der Waals surface area contributed by atoms with Crippen molar-refractivity contribution in [2.24, 2.45) is 5.10 Å². The maximum absolute atomic E-state index is 12.4. The van der Waals surface area contributed by atoms with E-state index in [1.165, 1.54) is 24.0 Å². The quantitative estimate of drug-likeness (QED) is 0.219. The number of phenolic OH excluding ortho intramolecular Hbond substituents is 1. The van der Waals surface area contributed by atoms with Gasteiger partial charge in [0.15, 0.2) is 5.09 Å². The molecule has 1 aromatic heterocycles. The Morgan fingerprint density at radius 1 is 0.969 bits per heavy atom. The smallest absolute Gasteiger partial charge is 0.275 e. The number of carbonyl (C=O) groups excluding carboxylic acids is 2. The third-order valence-corrected chi connectivity index (χ3v) is 5.38. The molecular formula is C24H19N3O4S. The summed E-state index contributed by atoms with van der Waals surface area (Å²) in [5.74, 6) is -0.198. The number of hydrogen-bond acceptors (Lipinski definition) is 6. The van der Waals surface area contributed by atoms with Crippen molar-refractivity contribution in [1.82, 2.24) is 5.43 Å². The second-order valence-electron chi connectivity index (χ2n) is 6.78. The summed E-state index contributed by atoms with van der Waals surface area (Å²) in [5, 5.41) is 19.0. The van der Waals surface area contributed by atoms with Crippen molar-refractivity contribution in [2.75, 3.05) is 11.1 Å². The van der Waals surface area contributed by atoms with E-state index < -0.39 is 5.91 Å². The SMILES string of the molecule is O=C(CSc1ccc(/C=N/NC(=O)c2cc3ccccc3cc2O)o1)Nc1ccccc1. The molecule has 4 rings (SSSR count). The summed E-state index contributed by atoms with van der Waals surface area (Å²) in [6.07, 6.45) is 1.35. The number of nitrogens with zero attached hydrogens (tertiary/aromatic N) is 1. The molecule has 0 spiro atoms. The standard InChI is InChI=1S/C24H19N3O4S/c28-21-13-17-7-5-4-6-16(17)12-20(21)24(30)27-25-14-19-10-11-23(31-19)32-15-22(29)26-18-8-2-1-3-9-18/h1-14,28H,15H2,(H,26,29)(H,27,30)/b25-14+. The van der Waals surface area contributed by atoms with E-state index in [0.29, 0.717) is 10.9 Å². The van der Waals surface area contributed by atoms with Crippen LogP contribution in [0, 0.1) is 0 Å². The minimum atomic E-state index is -0.539. The number of hydrazone groups is 1. The lowest BCUT2D eigenvalue weighted by Crippen LogP contribution is -2.17. The normalized spacial score (nSPS) is 11.0. The highest BCUT2D eigenvalue weighted by Gasteiger charge is 2.12. The number of carbonyl (C=O) groups is 2. The molecule has 8 heteroatoms. The number of thioether (sulfide) groups is 1. The highest BCUT2D eigenvalue weighted by Crippen LogP contribution is 2.25. The molecule has 0 fully saturated rings. The fourth-order valence-electron chi connectivity index (χ4n) is 2.96. The van der Waals surface area contributed by atoms with Gasteiger partial charge in [0.05, 0.1) is 17.5 Å². The van der Waals surface area contributed by atoms with Crippen molar-refractivity contribution < 1.29 is 19.1 Å². The third-order valence-electron chi connectivity index (χ3n) is 4.47. The molecule has 0 bridgehead atoms. The van der Waals surface area contributed by atoms with Crippen LogP contribution in [0.5, 0.6) is 5.75 Å².